The highest BCUT2D eigenvalue weighted by Crippen LogP contribution is 2.15. The molecule has 1 rings (SSSR count). The van der Waals surface area contributed by atoms with Crippen LogP contribution in [0, 0.1) is 5.82 Å². The highest BCUT2D eigenvalue weighted by atomic mass is 19.1. The molecule has 0 spiro atoms. The molecule has 0 aliphatic heterocycles. The van der Waals surface area contributed by atoms with Crippen LogP contribution in [0.25, 0.3) is 0 Å². The van der Waals surface area contributed by atoms with Crippen molar-refractivity contribution >= 4 is 17.6 Å². The van der Waals surface area contributed by atoms with E-state index in [1.807, 2.05) is 6.92 Å². The summed E-state index contributed by atoms with van der Waals surface area (Å²) < 4.78 is 17.5. The molecule has 0 aliphatic carbocycles. The lowest BCUT2D eigenvalue weighted by Crippen LogP contribution is -2.39. The van der Waals surface area contributed by atoms with E-state index in [1.54, 1.807) is 29.0 Å². The van der Waals surface area contributed by atoms with E-state index in [4.69, 9.17) is 0 Å². The molecule has 0 aromatic heterocycles. The number of rotatable bonds is 7. The average Bonchev–Trinajstić information content (AvgIpc) is 2.47. The van der Waals surface area contributed by atoms with E-state index in [9.17, 15) is 14.0 Å². The fourth-order valence-electron chi connectivity index (χ4n) is 1.90. The van der Waals surface area contributed by atoms with Crippen LogP contribution in [0.2, 0.25) is 0 Å². The van der Waals surface area contributed by atoms with Crippen LogP contribution in [-0.4, -0.2) is 50.6 Å². The van der Waals surface area contributed by atoms with Crippen LogP contribution < -0.4 is 4.90 Å². The van der Waals surface area contributed by atoms with Gasteiger partial charge in [0.15, 0.2) is 0 Å². The molecule has 0 saturated carbocycles. The first-order valence-electron chi connectivity index (χ1n) is 6.79. The smallest absolute Gasteiger partial charge is 0.306 e. The summed E-state index contributed by atoms with van der Waals surface area (Å²) in [6, 6.07) is 5.80. The quantitative estimate of drug-likeness (QED) is 0.718. The summed E-state index contributed by atoms with van der Waals surface area (Å²) in [5.41, 5.74) is 0.658. The number of halogens is 1. The second-order valence-electron chi connectivity index (χ2n) is 4.68. The van der Waals surface area contributed by atoms with E-state index >= 15 is 0 Å². The van der Waals surface area contributed by atoms with Gasteiger partial charge in [0.2, 0.25) is 5.91 Å². The van der Waals surface area contributed by atoms with Crippen molar-refractivity contribution in [2.75, 3.05) is 38.7 Å². The number of carbonyl (C=O) groups excluding carboxylic acids is 2. The molecule has 6 heteroatoms. The maximum absolute atomic E-state index is 12.9. The zero-order valence-corrected chi connectivity index (χ0v) is 12.6. The van der Waals surface area contributed by atoms with Crippen LogP contribution in [-0.2, 0) is 14.3 Å². The molecule has 1 amide bonds. The normalized spacial score (nSPS) is 10.5. The summed E-state index contributed by atoms with van der Waals surface area (Å²) in [5, 5.41) is 0. The molecule has 0 N–H and O–H groups in total. The van der Waals surface area contributed by atoms with Crippen molar-refractivity contribution in [3.8, 4) is 0 Å². The lowest BCUT2D eigenvalue weighted by atomic mass is 10.2. The van der Waals surface area contributed by atoms with Crippen LogP contribution in [0.3, 0.4) is 0 Å². The number of hydrogen-bond acceptors (Lipinski definition) is 4. The van der Waals surface area contributed by atoms with Gasteiger partial charge in [0.05, 0.1) is 20.1 Å². The molecular formula is C15H21FN2O3. The Morgan fingerprint density at radius 1 is 1.24 bits per heavy atom. The highest BCUT2D eigenvalue weighted by molar-refractivity contribution is 5.94. The van der Waals surface area contributed by atoms with Gasteiger partial charge in [-0.2, -0.15) is 0 Å². The van der Waals surface area contributed by atoms with Gasteiger partial charge in [-0.05, 0) is 38.2 Å². The predicted molar refractivity (Wildman–Crippen MR) is 78.6 cm³/mol. The monoisotopic (exact) mass is 296 g/mol. The Bertz CT molecular complexity index is 476. The Kier molecular flexibility index (Phi) is 6.81. The summed E-state index contributed by atoms with van der Waals surface area (Å²) in [4.78, 5) is 26.7. The van der Waals surface area contributed by atoms with Gasteiger partial charge in [0.1, 0.15) is 5.82 Å². The summed E-state index contributed by atoms with van der Waals surface area (Å²) in [7, 11) is 3.10. The Balaban J connectivity index is 2.59. The molecule has 0 heterocycles. The number of nitrogens with zero attached hydrogens (tertiary/aromatic N) is 2. The lowest BCUT2D eigenvalue weighted by Gasteiger charge is -2.24. The Morgan fingerprint density at radius 3 is 2.38 bits per heavy atom. The minimum atomic E-state index is -0.336. The SMILES string of the molecule is CCN(C(=O)CN(C)CCC(=O)OC)c1ccc(F)cc1. The fraction of sp³-hybridized carbons (Fsp3) is 0.467. The summed E-state index contributed by atoms with van der Waals surface area (Å²) in [6.07, 6.45) is 0.239. The molecule has 1 aromatic carbocycles. The summed E-state index contributed by atoms with van der Waals surface area (Å²) in [5.74, 6) is -0.742. The molecule has 0 atom stereocenters. The van der Waals surface area contributed by atoms with Crippen LogP contribution in [0.5, 0.6) is 0 Å². The van der Waals surface area contributed by atoms with Crippen LogP contribution in [0.15, 0.2) is 24.3 Å². The molecule has 1 aromatic rings. The number of anilines is 1. The zero-order valence-electron chi connectivity index (χ0n) is 12.6. The van der Waals surface area contributed by atoms with E-state index in [0.29, 0.717) is 18.8 Å². The number of likely N-dealkylation sites (N-methyl/N-ethyl adjacent to an activating group) is 2. The van der Waals surface area contributed by atoms with Crippen LogP contribution in [0.1, 0.15) is 13.3 Å². The lowest BCUT2D eigenvalue weighted by molar-refractivity contribution is -0.141. The second-order valence-corrected chi connectivity index (χ2v) is 4.68. The second kappa shape index (κ2) is 8.36. The minimum absolute atomic E-state index is 0.100. The van der Waals surface area contributed by atoms with Crippen molar-refractivity contribution in [1.82, 2.24) is 4.90 Å². The third kappa shape index (κ3) is 5.51. The van der Waals surface area contributed by atoms with Crippen molar-refractivity contribution < 1.29 is 18.7 Å². The van der Waals surface area contributed by atoms with Crippen LogP contribution in [0.4, 0.5) is 10.1 Å². The number of carbonyl (C=O) groups is 2. The van der Waals surface area contributed by atoms with E-state index in [-0.39, 0.29) is 30.7 Å². The van der Waals surface area contributed by atoms with Crippen molar-refractivity contribution in [1.29, 1.82) is 0 Å². The molecule has 0 aliphatic rings. The van der Waals surface area contributed by atoms with Gasteiger partial charge in [0.25, 0.3) is 0 Å². The van der Waals surface area contributed by atoms with E-state index in [0.717, 1.165) is 0 Å². The first-order chi connectivity index (χ1) is 9.97. The van der Waals surface area contributed by atoms with Crippen LogP contribution >= 0.6 is 0 Å². The fourth-order valence-corrected chi connectivity index (χ4v) is 1.90. The molecule has 0 radical (unpaired) electrons. The molecule has 0 saturated heterocycles. The maximum Gasteiger partial charge on any atom is 0.306 e. The topological polar surface area (TPSA) is 49.9 Å². The summed E-state index contributed by atoms with van der Waals surface area (Å²) in [6.45, 7) is 2.98. The van der Waals surface area contributed by atoms with E-state index in [2.05, 4.69) is 4.74 Å². The molecule has 5 nitrogen and oxygen atoms in total. The van der Waals surface area contributed by atoms with Gasteiger partial charge in [-0.1, -0.05) is 0 Å². The van der Waals surface area contributed by atoms with Gasteiger partial charge < -0.3 is 9.64 Å². The number of amides is 1. The number of ether oxygens (including phenoxy) is 1. The van der Waals surface area contributed by atoms with Crippen molar-refractivity contribution in [3.05, 3.63) is 30.1 Å². The largest absolute Gasteiger partial charge is 0.469 e. The minimum Gasteiger partial charge on any atom is -0.469 e. The molecule has 0 fully saturated rings. The highest BCUT2D eigenvalue weighted by Gasteiger charge is 2.16. The Morgan fingerprint density at radius 2 is 1.86 bits per heavy atom. The van der Waals surface area contributed by atoms with Crippen molar-refractivity contribution in [2.24, 2.45) is 0 Å². The third-order valence-corrected chi connectivity index (χ3v) is 3.09. The van der Waals surface area contributed by atoms with Gasteiger partial charge in [-0.3, -0.25) is 14.5 Å². The standard InChI is InChI=1S/C15H21FN2O3/c1-4-18(13-7-5-12(16)6-8-13)14(19)11-17(2)10-9-15(20)21-3/h5-8H,4,9-11H2,1-3H3. The Hall–Kier alpha value is -1.95. The average molecular weight is 296 g/mol. The van der Waals surface area contributed by atoms with Gasteiger partial charge in [-0.15, -0.1) is 0 Å². The first-order valence-corrected chi connectivity index (χ1v) is 6.79. The van der Waals surface area contributed by atoms with Gasteiger partial charge >= 0.3 is 5.97 Å². The number of methoxy groups -OCH3 is 1. The zero-order chi connectivity index (χ0) is 15.8. The van der Waals surface area contributed by atoms with Crippen molar-refractivity contribution in [2.45, 2.75) is 13.3 Å². The molecular weight excluding hydrogens is 275 g/mol. The third-order valence-electron chi connectivity index (χ3n) is 3.09. The molecule has 21 heavy (non-hydrogen) atoms. The molecule has 0 unspecified atom stereocenters. The number of hydrogen-bond donors (Lipinski definition) is 0. The van der Waals surface area contributed by atoms with Crippen molar-refractivity contribution in [3.63, 3.8) is 0 Å². The first kappa shape index (κ1) is 17.1. The van der Waals surface area contributed by atoms with E-state index < -0.39 is 0 Å². The number of esters is 1. The number of benzene rings is 1. The molecule has 0 bridgehead atoms. The Labute approximate surface area is 124 Å². The van der Waals surface area contributed by atoms with Gasteiger partial charge in [0, 0.05) is 18.8 Å². The predicted octanol–water partition coefficient (Wildman–Crippen LogP) is 1.67. The van der Waals surface area contributed by atoms with Gasteiger partial charge in [-0.25, -0.2) is 4.39 Å². The molecule has 116 valence electrons. The van der Waals surface area contributed by atoms with E-state index in [1.165, 1.54) is 19.2 Å². The summed E-state index contributed by atoms with van der Waals surface area (Å²) >= 11 is 0. The maximum atomic E-state index is 12.9.